The first-order valence-electron chi connectivity index (χ1n) is 7.05. The molecule has 1 N–H and O–H groups in total. The average molecular weight is 231 g/mol. The number of nitrogens with one attached hydrogen (secondary N) is 1. The fourth-order valence-electron chi connectivity index (χ4n) is 2.79. The summed E-state index contributed by atoms with van der Waals surface area (Å²) in [6.45, 7) is 5.53. The highest BCUT2D eigenvalue weighted by atomic mass is 14.9. The van der Waals surface area contributed by atoms with Gasteiger partial charge >= 0.3 is 0 Å². The molecule has 0 unspecified atom stereocenters. The van der Waals surface area contributed by atoms with Crippen LogP contribution in [-0.2, 0) is 6.42 Å². The molecule has 0 bridgehead atoms. The van der Waals surface area contributed by atoms with E-state index in [0.29, 0.717) is 0 Å². The van der Waals surface area contributed by atoms with Crippen LogP contribution < -0.4 is 5.32 Å². The minimum Gasteiger partial charge on any atom is -0.314 e. The molecule has 1 nitrogen and oxygen atoms in total. The Labute approximate surface area is 106 Å². The first-order valence-corrected chi connectivity index (χ1v) is 7.05. The maximum absolute atomic E-state index is 3.72. The smallest absolute Gasteiger partial charge is 0.00671 e. The van der Waals surface area contributed by atoms with Crippen molar-refractivity contribution in [1.29, 1.82) is 0 Å². The van der Waals surface area contributed by atoms with Gasteiger partial charge in [-0.1, -0.05) is 43.0 Å². The third-order valence-corrected chi connectivity index (χ3v) is 3.94. The summed E-state index contributed by atoms with van der Waals surface area (Å²) >= 11 is 0. The Hall–Kier alpha value is -0.820. The van der Waals surface area contributed by atoms with Crippen LogP contribution in [0.1, 0.15) is 48.8 Å². The van der Waals surface area contributed by atoms with Crippen molar-refractivity contribution in [3.8, 4) is 0 Å². The molecule has 1 saturated carbocycles. The summed E-state index contributed by atoms with van der Waals surface area (Å²) < 4.78 is 0. The van der Waals surface area contributed by atoms with Crippen molar-refractivity contribution < 1.29 is 0 Å². The van der Waals surface area contributed by atoms with Crippen molar-refractivity contribution in [2.24, 2.45) is 0 Å². The van der Waals surface area contributed by atoms with Crippen LogP contribution in [0.15, 0.2) is 18.2 Å². The molecule has 0 heterocycles. The van der Waals surface area contributed by atoms with Crippen molar-refractivity contribution in [2.45, 2.75) is 58.4 Å². The van der Waals surface area contributed by atoms with Gasteiger partial charge in [0.25, 0.3) is 0 Å². The zero-order valence-electron chi connectivity index (χ0n) is 11.3. The maximum atomic E-state index is 3.72. The van der Waals surface area contributed by atoms with Crippen LogP contribution in [0.3, 0.4) is 0 Å². The zero-order chi connectivity index (χ0) is 12.1. The van der Waals surface area contributed by atoms with Gasteiger partial charge in [0.15, 0.2) is 0 Å². The predicted octanol–water partition coefficient (Wildman–Crippen LogP) is 3.77. The monoisotopic (exact) mass is 231 g/mol. The largest absolute Gasteiger partial charge is 0.314 e. The quantitative estimate of drug-likeness (QED) is 0.832. The summed E-state index contributed by atoms with van der Waals surface area (Å²) in [6, 6.07) is 7.56. The number of hydrogen-bond donors (Lipinski definition) is 1. The molecule has 0 amide bonds. The molecule has 0 saturated heterocycles. The molecule has 94 valence electrons. The Morgan fingerprint density at radius 3 is 2.65 bits per heavy atom. The highest BCUT2D eigenvalue weighted by Crippen LogP contribution is 2.17. The summed E-state index contributed by atoms with van der Waals surface area (Å²) in [5.41, 5.74) is 4.32. The SMILES string of the molecule is Cc1ccc(C)c(CCNC2CCCCC2)c1. The lowest BCUT2D eigenvalue weighted by atomic mass is 9.95. The summed E-state index contributed by atoms with van der Waals surface area (Å²) in [5, 5.41) is 3.72. The lowest BCUT2D eigenvalue weighted by Crippen LogP contribution is -2.32. The molecular formula is C16H25N. The molecule has 1 aliphatic carbocycles. The minimum absolute atomic E-state index is 0.786. The zero-order valence-corrected chi connectivity index (χ0v) is 11.3. The Morgan fingerprint density at radius 2 is 1.88 bits per heavy atom. The first kappa shape index (κ1) is 12.6. The van der Waals surface area contributed by atoms with E-state index in [1.807, 2.05) is 0 Å². The summed E-state index contributed by atoms with van der Waals surface area (Å²) in [7, 11) is 0. The van der Waals surface area contributed by atoms with Crippen LogP contribution in [-0.4, -0.2) is 12.6 Å². The van der Waals surface area contributed by atoms with Crippen molar-refractivity contribution in [3.05, 3.63) is 34.9 Å². The predicted molar refractivity (Wildman–Crippen MR) is 74.5 cm³/mol. The second kappa shape index (κ2) is 6.20. The second-order valence-corrected chi connectivity index (χ2v) is 5.47. The number of aryl methyl sites for hydroxylation is 2. The molecule has 1 fully saturated rings. The van der Waals surface area contributed by atoms with E-state index < -0.39 is 0 Å². The van der Waals surface area contributed by atoms with E-state index in [0.717, 1.165) is 12.6 Å². The average Bonchev–Trinajstić information content (AvgIpc) is 2.35. The molecule has 0 atom stereocenters. The fourth-order valence-corrected chi connectivity index (χ4v) is 2.79. The molecule has 1 aliphatic rings. The number of rotatable bonds is 4. The van der Waals surface area contributed by atoms with Gasteiger partial charge in [-0.05, 0) is 50.8 Å². The lowest BCUT2D eigenvalue weighted by Gasteiger charge is -2.23. The maximum Gasteiger partial charge on any atom is 0.00671 e. The molecule has 0 aromatic heterocycles. The third kappa shape index (κ3) is 3.85. The lowest BCUT2D eigenvalue weighted by molar-refractivity contribution is 0.375. The standard InChI is InChI=1S/C16H25N/c1-13-8-9-14(2)15(12-13)10-11-17-16-6-4-3-5-7-16/h8-9,12,16-17H,3-7,10-11H2,1-2H3. The van der Waals surface area contributed by atoms with Gasteiger partial charge in [-0.25, -0.2) is 0 Å². The van der Waals surface area contributed by atoms with Crippen LogP contribution in [0.25, 0.3) is 0 Å². The van der Waals surface area contributed by atoms with Crippen LogP contribution in [0, 0.1) is 13.8 Å². The summed E-state index contributed by atoms with van der Waals surface area (Å²) in [4.78, 5) is 0. The number of benzene rings is 1. The van der Waals surface area contributed by atoms with E-state index in [-0.39, 0.29) is 0 Å². The van der Waals surface area contributed by atoms with E-state index in [4.69, 9.17) is 0 Å². The molecule has 0 aliphatic heterocycles. The Morgan fingerprint density at radius 1 is 1.12 bits per heavy atom. The van der Waals surface area contributed by atoms with Crippen molar-refractivity contribution >= 4 is 0 Å². The van der Waals surface area contributed by atoms with Crippen LogP contribution in [0.5, 0.6) is 0 Å². The van der Waals surface area contributed by atoms with E-state index >= 15 is 0 Å². The van der Waals surface area contributed by atoms with Gasteiger partial charge < -0.3 is 5.32 Å². The Kier molecular flexibility index (Phi) is 4.61. The van der Waals surface area contributed by atoms with Crippen LogP contribution >= 0.6 is 0 Å². The second-order valence-electron chi connectivity index (χ2n) is 5.47. The van der Waals surface area contributed by atoms with Crippen LogP contribution in [0.4, 0.5) is 0 Å². The van der Waals surface area contributed by atoms with E-state index in [1.165, 1.54) is 55.2 Å². The highest BCUT2D eigenvalue weighted by molar-refractivity contribution is 5.30. The first-order chi connectivity index (χ1) is 8.25. The van der Waals surface area contributed by atoms with Crippen LogP contribution in [0.2, 0.25) is 0 Å². The topological polar surface area (TPSA) is 12.0 Å². The fraction of sp³-hybridized carbons (Fsp3) is 0.625. The highest BCUT2D eigenvalue weighted by Gasteiger charge is 2.12. The summed E-state index contributed by atoms with van der Waals surface area (Å²) in [6.07, 6.45) is 8.21. The van der Waals surface area contributed by atoms with Gasteiger partial charge in [0.1, 0.15) is 0 Å². The molecular weight excluding hydrogens is 206 g/mol. The van der Waals surface area contributed by atoms with E-state index in [2.05, 4.69) is 37.4 Å². The van der Waals surface area contributed by atoms with Gasteiger partial charge in [0.2, 0.25) is 0 Å². The van der Waals surface area contributed by atoms with Gasteiger partial charge in [-0.3, -0.25) is 0 Å². The van der Waals surface area contributed by atoms with Crippen molar-refractivity contribution in [1.82, 2.24) is 5.32 Å². The van der Waals surface area contributed by atoms with Gasteiger partial charge in [0.05, 0.1) is 0 Å². The molecule has 1 aromatic rings. The van der Waals surface area contributed by atoms with E-state index in [1.54, 1.807) is 0 Å². The molecule has 1 heteroatoms. The van der Waals surface area contributed by atoms with Gasteiger partial charge in [-0.15, -0.1) is 0 Å². The minimum atomic E-state index is 0.786. The molecule has 17 heavy (non-hydrogen) atoms. The molecule has 1 aromatic carbocycles. The molecule has 2 rings (SSSR count). The summed E-state index contributed by atoms with van der Waals surface area (Å²) in [5.74, 6) is 0. The van der Waals surface area contributed by atoms with Gasteiger partial charge in [-0.2, -0.15) is 0 Å². The Bertz CT molecular complexity index is 351. The third-order valence-electron chi connectivity index (χ3n) is 3.94. The molecule has 0 radical (unpaired) electrons. The molecule has 0 spiro atoms. The number of hydrogen-bond acceptors (Lipinski definition) is 1. The van der Waals surface area contributed by atoms with E-state index in [9.17, 15) is 0 Å². The Balaban J connectivity index is 1.79. The van der Waals surface area contributed by atoms with Gasteiger partial charge in [0, 0.05) is 6.04 Å². The van der Waals surface area contributed by atoms with Crippen molar-refractivity contribution in [3.63, 3.8) is 0 Å². The van der Waals surface area contributed by atoms with Crippen molar-refractivity contribution in [2.75, 3.05) is 6.54 Å². The normalized spacial score (nSPS) is 17.3.